The van der Waals surface area contributed by atoms with Crippen molar-refractivity contribution < 1.29 is 20.1 Å². The van der Waals surface area contributed by atoms with Crippen LogP contribution in [0.5, 0.6) is 0 Å². The minimum absolute atomic E-state index is 0.789. The zero-order chi connectivity index (χ0) is 8.15. The second kappa shape index (κ2) is 4.03. The summed E-state index contributed by atoms with van der Waals surface area (Å²) in [6, 6.07) is 0. The van der Waals surface area contributed by atoms with Gasteiger partial charge in [-0.15, -0.1) is 0 Å². The average Bonchev–Trinajstić information content (AvgIpc) is 1.82. The van der Waals surface area contributed by atoms with Crippen LogP contribution in [0.15, 0.2) is 12.2 Å². The summed E-state index contributed by atoms with van der Waals surface area (Å²) in [6.07, 6.45) is -0.226. The molecule has 0 aromatic carbocycles. The Hall–Kier alpha value is -0.870. The summed E-state index contributed by atoms with van der Waals surface area (Å²) in [5.41, 5.74) is 0. The monoisotopic (exact) mass is 146 g/mol. The Bertz CT molecular complexity index is 139. The molecular formula is C6H10O4. The van der Waals surface area contributed by atoms with Crippen molar-refractivity contribution in [2.45, 2.75) is 19.1 Å². The molecule has 0 unspecified atom stereocenters. The number of rotatable bonds is 3. The van der Waals surface area contributed by atoms with Crippen LogP contribution in [0.1, 0.15) is 6.92 Å². The molecule has 0 aromatic rings. The van der Waals surface area contributed by atoms with E-state index in [1.807, 2.05) is 0 Å². The van der Waals surface area contributed by atoms with Gasteiger partial charge in [-0.3, -0.25) is 0 Å². The first-order chi connectivity index (χ1) is 4.54. The van der Waals surface area contributed by atoms with Crippen molar-refractivity contribution in [1.29, 1.82) is 0 Å². The van der Waals surface area contributed by atoms with Crippen LogP contribution < -0.4 is 0 Å². The van der Waals surface area contributed by atoms with Crippen molar-refractivity contribution in [2.24, 2.45) is 0 Å². The average molecular weight is 146 g/mol. The van der Waals surface area contributed by atoms with Crippen LogP contribution in [0.2, 0.25) is 0 Å². The Kier molecular flexibility index (Phi) is 3.68. The maximum absolute atomic E-state index is 9.85. The third-order valence-corrected chi connectivity index (χ3v) is 0.930. The highest BCUT2D eigenvalue weighted by molar-refractivity contribution is 5.79. The van der Waals surface area contributed by atoms with E-state index in [9.17, 15) is 4.79 Å². The maximum atomic E-state index is 9.85. The second-order valence-corrected chi connectivity index (χ2v) is 1.93. The lowest BCUT2D eigenvalue weighted by atomic mass is 10.2. The number of aliphatic hydroxyl groups excluding tert-OH is 2. The third kappa shape index (κ3) is 4.05. The minimum Gasteiger partial charge on any atom is -0.478 e. The van der Waals surface area contributed by atoms with Crippen LogP contribution in [0, 0.1) is 0 Å². The van der Waals surface area contributed by atoms with Crippen molar-refractivity contribution in [2.75, 3.05) is 0 Å². The number of aliphatic hydroxyl groups is 2. The Morgan fingerprint density at radius 1 is 1.50 bits per heavy atom. The Morgan fingerprint density at radius 3 is 2.30 bits per heavy atom. The molecule has 58 valence electrons. The fourth-order valence-corrected chi connectivity index (χ4v) is 0.342. The molecule has 4 heteroatoms. The molecule has 0 fully saturated rings. The van der Waals surface area contributed by atoms with E-state index in [0.29, 0.717) is 0 Å². The van der Waals surface area contributed by atoms with Gasteiger partial charge in [-0.2, -0.15) is 0 Å². The summed E-state index contributed by atoms with van der Waals surface area (Å²) in [5.74, 6) is -1.14. The molecule has 0 bridgehead atoms. The number of hydrogen-bond acceptors (Lipinski definition) is 3. The highest BCUT2D eigenvalue weighted by Gasteiger charge is 2.05. The summed E-state index contributed by atoms with van der Waals surface area (Å²) in [4.78, 5) is 9.85. The van der Waals surface area contributed by atoms with Crippen LogP contribution in [0.4, 0.5) is 0 Å². The summed E-state index contributed by atoms with van der Waals surface area (Å²) >= 11 is 0. The molecular weight excluding hydrogens is 136 g/mol. The van der Waals surface area contributed by atoms with Crippen LogP contribution in [0.25, 0.3) is 0 Å². The van der Waals surface area contributed by atoms with E-state index in [2.05, 4.69) is 0 Å². The fourth-order valence-electron chi connectivity index (χ4n) is 0.342. The van der Waals surface area contributed by atoms with Crippen molar-refractivity contribution in [3.05, 3.63) is 12.2 Å². The quantitative estimate of drug-likeness (QED) is 0.463. The van der Waals surface area contributed by atoms with E-state index in [4.69, 9.17) is 15.3 Å². The molecule has 0 aliphatic heterocycles. The van der Waals surface area contributed by atoms with Gasteiger partial charge in [-0.1, -0.05) is 0 Å². The van der Waals surface area contributed by atoms with Crippen LogP contribution >= 0.6 is 0 Å². The Labute approximate surface area is 58.4 Å². The molecule has 3 N–H and O–H groups in total. The van der Waals surface area contributed by atoms with Gasteiger partial charge in [0.15, 0.2) is 0 Å². The van der Waals surface area contributed by atoms with Crippen molar-refractivity contribution in [1.82, 2.24) is 0 Å². The standard InChI is InChI=1S/C6H10O4/c1-4(7)5(8)2-3-6(9)10/h2-5,7-8H,1H3,(H,9,10)/b3-2+/t4-,5+/m0/s1. The van der Waals surface area contributed by atoms with E-state index >= 15 is 0 Å². The number of aliphatic carboxylic acids is 1. The van der Waals surface area contributed by atoms with Crippen LogP contribution in [0.3, 0.4) is 0 Å². The van der Waals surface area contributed by atoms with Crippen LogP contribution in [-0.4, -0.2) is 33.5 Å². The number of carbonyl (C=O) groups is 1. The molecule has 0 rings (SSSR count). The molecule has 0 radical (unpaired) electrons. The first-order valence-corrected chi connectivity index (χ1v) is 2.81. The fraction of sp³-hybridized carbons (Fsp3) is 0.500. The van der Waals surface area contributed by atoms with Gasteiger partial charge < -0.3 is 15.3 Å². The molecule has 0 saturated carbocycles. The first-order valence-electron chi connectivity index (χ1n) is 2.81. The maximum Gasteiger partial charge on any atom is 0.328 e. The molecule has 10 heavy (non-hydrogen) atoms. The molecule has 2 atom stereocenters. The second-order valence-electron chi connectivity index (χ2n) is 1.93. The molecule has 0 aliphatic carbocycles. The molecule has 0 aliphatic rings. The molecule has 0 heterocycles. The van der Waals surface area contributed by atoms with Crippen molar-refractivity contribution in [3.63, 3.8) is 0 Å². The summed E-state index contributed by atoms with van der Waals surface area (Å²) < 4.78 is 0. The third-order valence-electron chi connectivity index (χ3n) is 0.930. The van der Waals surface area contributed by atoms with E-state index in [0.717, 1.165) is 12.2 Å². The predicted octanol–water partition coefficient (Wildman–Crippen LogP) is -0.631. The SMILES string of the molecule is C[C@H](O)[C@H](O)/C=C/C(=O)O. The van der Waals surface area contributed by atoms with Gasteiger partial charge in [0.25, 0.3) is 0 Å². The zero-order valence-corrected chi connectivity index (χ0v) is 5.56. The largest absolute Gasteiger partial charge is 0.478 e. The van der Waals surface area contributed by atoms with E-state index in [1.165, 1.54) is 6.92 Å². The van der Waals surface area contributed by atoms with E-state index in [-0.39, 0.29) is 0 Å². The van der Waals surface area contributed by atoms with Crippen molar-refractivity contribution >= 4 is 5.97 Å². The Balaban J connectivity index is 3.77. The normalized spacial score (nSPS) is 17.1. The van der Waals surface area contributed by atoms with E-state index < -0.39 is 18.2 Å². The highest BCUT2D eigenvalue weighted by atomic mass is 16.4. The summed E-state index contributed by atoms with van der Waals surface area (Å²) in [5, 5.41) is 25.5. The predicted molar refractivity (Wildman–Crippen MR) is 34.5 cm³/mol. The lowest BCUT2D eigenvalue weighted by Crippen LogP contribution is -2.19. The van der Waals surface area contributed by atoms with Crippen LogP contribution in [-0.2, 0) is 4.79 Å². The van der Waals surface area contributed by atoms with E-state index in [1.54, 1.807) is 0 Å². The lowest BCUT2D eigenvalue weighted by molar-refractivity contribution is -0.131. The molecule has 0 amide bonds. The topological polar surface area (TPSA) is 77.8 Å². The summed E-state index contributed by atoms with van der Waals surface area (Å²) in [6.45, 7) is 1.37. The zero-order valence-electron chi connectivity index (χ0n) is 5.56. The summed E-state index contributed by atoms with van der Waals surface area (Å²) in [7, 11) is 0. The number of carboxylic acids is 1. The highest BCUT2D eigenvalue weighted by Crippen LogP contribution is 1.92. The van der Waals surface area contributed by atoms with Gasteiger partial charge >= 0.3 is 5.97 Å². The molecule has 0 aromatic heterocycles. The molecule has 4 nitrogen and oxygen atoms in total. The first kappa shape index (κ1) is 9.13. The smallest absolute Gasteiger partial charge is 0.328 e. The van der Waals surface area contributed by atoms with Gasteiger partial charge in [-0.05, 0) is 13.0 Å². The molecule has 0 spiro atoms. The van der Waals surface area contributed by atoms with Gasteiger partial charge in [0.1, 0.15) is 0 Å². The van der Waals surface area contributed by atoms with Crippen molar-refractivity contribution in [3.8, 4) is 0 Å². The molecule has 0 saturated heterocycles. The Morgan fingerprint density at radius 2 is 2.00 bits per heavy atom. The number of carboxylic acid groups (broad SMARTS) is 1. The van der Waals surface area contributed by atoms with Gasteiger partial charge in [0.05, 0.1) is 12.2 Å². The lowest BCUT2D eigenvalue weighted by Gasteiger charge is -2.06. The minimum atomic E-state index is -1.14. The van der Waals surface area contributed by atoms with Gasteiger partial charge in [-0.25, -0.2) is 4.79 Å². The van der Waals surface area contributed by atoms with Gasteiger partial charge in [0, 0.05) is 6.08 Å². The number of hydrogen-bond donors (Lipinski definition) is 3. The van der Waals surface area contributed by atoms with Gasteiger partial charge in [0.2, 0.25) is 0 Å².